The Bertz CT molecular complexity index is 207. The number of hydrogen-bond donors (Lipinski definition) is 0. The molecule has 96 valence electrons. The lowest BCUT2D eigenvalue weighted by atomic mass is 9.83. The maximum atomic E-state index is 13.1. The summed E-state index contributed by atoms with van der Waals surface area (Å²) in [6.45, 7) is 8.26. The van der Waals surface area contributed by atoms with Crippen LogP contribution in [0.1, 0.15) is 40.5 Å². The molecule has 1 nitrogen and oxygen atoms in total. The molecule has 0 aromatic rings. The third-order valence-electron chi connectivity index (χ3n) is 3.31. The van der Waals surface area contributed by atoms with Crippen molar-refractivity contribution in [3.05, 3.63) is 0 Å². The van der Waals surface area contributed by atoms with Crippen LogP contribution in [0.4, 0.5) is 13.2 Å². The van der Waals surface area contributed by atoms with Gasteiger partial charge in [-0.2, -0.15) is 13.2 Å². The van der Waals surface area contributed by atoms with Crippen molar-refractivity contribution in [3.63, 3.8) is 0 Å². The van der Waals surface area contributed by atoms with Crippen molar-refractivity contribution in [3.8, 4) is 0 Å². The van der Waals surface area contributed by atoms with E-state index in [1.807, 2.05) is 0 Å². The summed E-state index contributed by atoms with van der Waals surface area (Å²) in [4.78, 5) is 1.61. The second kappa shape index (κ2) is 4.55. The summed E-state index contributed by atoms with van der Waals surface area (Å²) in [6.07, 6.45) is -2.37. The molecule has 0 aromatic carbocycles. The Balaban J connectivity index is 2.78. The second-order valence-electron chi connectivity index (χ2n) is 6.03. The third-order valence-corrected chi connectivity index (χ3v) is 3.31. The molecule has 1 fully saturated rings. The predicted octanol–water partition coefficient (Wildman–Crippen LogP) is 3.70. The van der Waals surface area contributed by atoms with Crippen LogP contribution in [-0.2, 0) is 0 Å². The van der Waals surface area contributed by atoms with E-state index >= 15 is 0 Å². The number of halogens is 3. The van der Waals surface area contributed by atoms with Crippen LogP contribution < -0.4 is 0 Å². The third kappa shape index (κ3) is 3.37. The lowest BCUT2D eigenvalue weighted by molar-refractivity contribution is -0.212. The van der Waals surface area contributed by atoms with Crippen molar-refractivity contribution in [2.24, 2.45) is 11.3 Å². The van der Waals surface area contributed by atoms with Crippen LogP contribution in [0.15, 0.2) is 0 Å². The Hall–Kier alpha value is -0.250. The lowest BCUT2D eigenvalue weighted by Gasteiger charge is -2.43. The highest BCUT2D eigenvalue weighted by Crippen LogP contribution is 2.38. The van der Waals surface area contributed by atoms with Crippen LogP contribution in [0.3, 0.4) is 0 Å². The first-order valence-corrected chi connectivity index (χ1v) is 5.93. The molecule has 1 aliphatic rings. The molecule has 0 aliphatic carbocycles. The van der Waals surface area contributed by atoms with Gasteiger partial charge < -0.3 is 0 Å². The van der Waals surface area contributed by atoms with E-state index in [-0.39, 0.29) is 0 Å². The number of piperidine rings is 1. The topological polar surface area (TPSA) is 3.24 Å². The van der Waals surface area contributed by atoms with Crippen LogP contribution in [0, 0.1) is 11.3 Å². The Labute approximate surface area is 96.0 Å². The normalized spacial score (nSPS) is 23.4. The van der Waals surface area contributed by atoms with Gasteiger partial charge in [-0.05, 0) is 37.3 Å². The fourth-order valence-corrected chi connectivity index (χ4v) is 2.53. The first-order valence-electron chi connectivity index (χ1n) is 5.93. The Morgan fingerprint density at radius 1 is 1.06 bits per heavy atom. The van der Waals surface area contributed by atoms with Gasteiger partial charge in [0.25, 0.3) is 0 Å². The molecule has 0 aromatic heterocycles. The fourth-order valence-electron chi connectivity index (χ4n) is 2.53. The van der Waals surface area contributed by atoms with Crippen LogP contribution in [-0.4, -0.2) is 30.2 Å². The van der Waals surface area contributed by atoms with Crippen molar-refractivity contribution in [1.82, 2.24) is 4.90 Å². The highest BCUT2D eigenvalue weighted by Gasteiger charge is 2.50. The van der Waals surface area contributed by atoms with E-state index in [9.17, 15) is 13.2 Å². The van der Waals surface area contributed by atoms with Gasteiger partial charge in [0, 0.05) is 0 Å². The van der Waals surface area contributed by atoms with Crippen LogP contribution >= 0.6 is 0 Å². The average Bonchev–Trinajstić information content (AvgIpc) is 2.03. The molecule has 16 heavy (non-hydrogen) atoms. The summed E-state index contributed by atoms with van der Waals surface area (Å²) in [7, 11) is 0. The SMILES string of the molecule is CC1CCN(C(C(C)(C)C)C(F)(F)F)CC1. The van der Waals surface area contributed by atoms with Gasteiger partial charge in [0.2, 0.25) is 0 Å². The van der Waals surface area contributed by atoms with E-state index in [1.54, 1.807) is 25.7 Å². The minimum Gasteiger partial charge on any atom is -0.292 e. The summed E-state index contributed by atoms with van der Waals surface area (Å²) < 4.78 is 39.2. The van der Waals surface area contributed by atoms with Crippen molar-refractivity contribution in [1.29, 1.82) is 0 Å². The highest BCUT2D eigenvalue weighted by atomic mass is 19.4. The number of likely N-dealkylation sites (tertiary alicyclic amines) is 1. The molecule has 4 heteroatoms. The maximum Gasteiger partial charge on any atom is 0.404 e. The van der Waals surface area contributed by atoms with Crippen molar-refractivity contribution in [2.45, 2.75) is 52.8 Å². The zero-order valence-electron chi connectivity index (χ0n) is 10.6. The van der Waals surface area contributed by atoms with Gasteiger partial charge in [0.05, 0.1) is 0 Å². The summed E-state index contributed by atoms with van der Waals surface area (Å²) in [5.74, 6) is 0.560. The highest BCUT2D eigenvalue weighted by molar-refractivity contribution is 4.90. The molecule has 1 unspecified atom stereocenters. The smallest absolute Gasteiger partial charge is 0.292 e. The van der Waals surface area contributed by atoms with Crippen molar-refractivity contribution in [2.75, 3.05) is 13.1 Å². The summed E-state index contributed by atoms with van der Waals surface area (Å²) in [5.41, 5.74) is -0.751. The Morgan fingerprint density at radius 2 is 1.50 bits per heavy atom. The standard InChI is InChI=1S/C12H22F3N/c1-9-5-7-16(8-6-9)10(11(2,3)4)12(13,14)15/h9-10H,5-8H2,1-4H3. The molecule has 0 amide bonds. The molecular formula is C12H22F3N. The van der Waals surface area contributed by atoms with E-state index in [2.05, 4.69) is 6.92 Å². The van der Waals surface area contributed by atoms with Gasteiger partial charge in [0.1, 0.15) is 6.04 Å². The second-order valence-corrected chi connectivity index (χ2v) is 6.03. The zero-order chi connectivity index (χ0) is 12.6. The summed E-state index contributed by atoms with van der Waals surface area (Å²) in [6, 6.07) is -1.31. The molecule has 1 aliphatic heterocycles. The van der Waals surface area contributed by atoms with E-state index in [0.29, 0.717) is 19.0 Å². The fraction of sp³-hybridized carbons (Fsp3) is 1.00. The minimum atomic E-state index is -4.13. The predicted molar refractivity (Wildman–Crippen MR) is 59.3 cm³/mol. The van der Waals surface area contributed by atoms with Crippen molar-refractivity contribution >= 4 is 0 Å². The van der Waals surface area contributed by atoms with Gasteiger partial charge in [-0.15, -0.1) is 0 Å². The first kappa shape index (κ1) is 13.8. The zero-order valence-corrected chi connectivity index (χ0v) is 10.6. The summed E-state index contributed by atoms with van der Waals surface area (Å²) >= 11 is 0. The molecule has 0 saturated carbocycles. The van der Waals surface area contributed by atoms with E-state index in [1.165, 1.54) is 0 Å². The minimum absolute atomic E-state index is 0.560. The van der Waals surface area contributed by atoms with E-state index < -0.39 is 17.6 Å². The van der Waals surface area contributed by atoms with Crippen LogP contribution in [0.5, 0.6) is 0 Å². The van der Waals surface area contributed by atoms with Crippen LogP contribution in [0.25, 0.3) is 0 Å². The van der Waals surface area contributed by atoms with E-state index in [0.717, 1.165) is 12.8 Å². The molecule has 0 radical (unpaired) electrons. The van der Waals surface area contributed by atoms with Crippen LogP contribution in [0.2, 0.25) is 0 Å². The van der Waals surface area contributed by atoms with Gasteiger partial charge >= 0.3 is 6.18 Å². The molecule has 0 spiro atoms. The molecule has 1 saturated heterocycles. The van der Waals surface area contributed by atoms with Gasteiger partial charge in [-0.3, -0.25) is 4.90 Å². The Kier molecular flexibility index (Phi) is 3.93. The molecule has 0 bridgehead atoms. The lowest BCUT2D eigenvalue weighted by Crippen LogP contribution is -2.55. The van der Waals surface area contributed by atoms with Crippen molar-refractivity contribution < 1.29 is 13.2 Å². The van der Waals surface area contributed by atoms with E-state index in [4.69, 9.17) is 0 Å². The van der Waals surface area contributed by atoms with Gasteiger partial charge in [-0.1, -0.05) is 27.7 Å². The number of hydrogen-bond acceptors (Lipinski definition) is 1. The monoisotopic (exact) mass is 237 g/mol. The summed E-state index contributed by atoms with van der Waals surface area (Å²) in [5, 5.41) is 0. The average molecular weight is 237 g/mol. The maximum absolute atomic E-state index is 13.1. The largest absolute Gasteiger partial charge is 0.404 e. The molecule has 0 N–H and O–H groups in total. The Morgan fingerprint density at radius 3 is 1.81 bits per heavy atom. The first-order chi connectivity index (χ1) is 7.12. The molecule has 1 atom stereocenters. The number of rotatable bonds is 1. The van der Waals surface area contributed by atoms with Gasteiger partial charge in [0.15, 0.2) is 0 Å². The quantitative estimate of drug-likeness (QED) is 0.672. The molecule has 1 rings (SSSR count). The molecule has 1 heterocycles. The number of nitrogens with zero attached hydrogens (tertiary/aromatic N) is 1. The number of alkyl halides is 3. The molecular weight excluding hydrogens is 215 g/mol. The van der Waals surface area contributed by atoms with Gasteiger partial charge in [-0.25, -0.2) is 0 Å².